The van der Waals surface area contributed by atoms with E-state index in [1.165, 1.54) is 17.6 Å². The smallest absolute Gasteiger partial charge is 0.323 e. The maximum absolute atomic E-state index is 12.3. The Labute approximate surface area is 143 Å². The van der Waals surface area contributed by atoms with Crippen molar-refractivity contribution in [3.63, 3.8) is 0 Å². The number of carbonyl (C=O) groups is 2. The first kappa shape index (κ1) is 16.4. The van der Waals surface area contributed by atoms with E-state index in [0.717, 1.165) is 17.8 Å². The molecule has 8 nitrogen and oxygen atoms in total. The van der Waals surface area contributed by atoms with E-state index in [1.54, 1.807) is 21.9 Å². The van der Waals surface area contributed by atoms with Crippen molar-refractivity contribution in [2.75, 3.05) is 31.5 Å². The summed E-state index contributed by atoms with van der Waals surface area (Å²) in [6.45, 7) is 3.97. The molecule has 2 aromatic rings. The van der Waals surface area contributed by atoms with Crippen LogP contribution >= 0.6 is 11.3 Å². The molecule has 24 heavy (non-hydrogen) atoms. The Kier molecular flexibility index (Phi) is 5.09. The second kappa shape index (κ2) is 7.43. The van der Waals surface area contributed by atoms with E-state index < -0.39 is 0 Å². The molecule has 0 spiro atoms. The minimum atomic E-state index is -0.209. The third-order valence-electron chi connectivity index (χ3n) is 3.73. The van der Waals surface area contributed by atoms with Gasteiger partial charge in [0.25, 0.3) is 5.91 Å². The lowest BCUT2D eigenvalue weighted by Gasteiger charge is -2.34. The van der Waals surface area contributed by atoms with Crippen molar-refractivity contribution in [3.8, 4) is 0 Å². The molecular formula is C15H19N5O3S. The highest BCUT2D eigenvalue weighted by Gasteiger charge is 2.26. The summed E-state index contributed by atoms with van der Waals surface area (Å²) in [5.41, 5.74) is 0. The van der Waals surface area contributed by atoms with Crippen LogP contribution in [0, 0.1) is 0 Å². The fourth-order valence-electron chi connectivity index (χ4n) is 2.46. The van der Waals surface area contributed by atoms with Gasteiger partial charge >= 0.3 is 6.03 Å². The molecule has 0 radical (unpaired) electrons. The molecule has 1 aliphatic rings. The van der Waals surface area contributed by atoms with Crippen molar-refractivity contribution in [1.29, 1.82) is 0 Å². The first-order valence-electron chi connectivity index (χ1n) is 7.88. The van der Waals surface area contributed by atoms with Gasteiger partial charge in [-0.05, 0) is 18.6 Å². The minimum absolute atomic E-state index is 0.145. The summed E-state index contributed by atoms with van der Waals surface area (Å²) in [5.74, 6) is 0.179. The molecule has 0 bridgehead atoms. The van der Waals surface area contributed by atoms with Crippen LogP contribution in [0.25, 0.3) is 0 Å². The summed E-state index contributed by atoms with van der Waals surface area (Å²) in [6.07, 6.45) is 3.33. The Balaban J connectivity index is 1.50. The SMILES string of the molecule is CCCc1nnc(NC(=O)N2CCN(C(=O)c3ccco3)CC2)s1. The molecule has 9 heteroatoms. The van der Waals surface area contributed by atoms with Crippen molar-refractivity contribution in [2.45, 2.75) is 19.8 Å². The molecule has 0 aromatic carbocycles. The number of amides is 3. The third kappa shape index (κ3) is 3.73. The van der Waals surface area contributed by atoms with E-state index in [0.29, 0.717) is 37.1 Å². The molecule has 3 amide bonds. The van der Waals surface area contributed by atoms with E-state index in [9.17, 15) is 9.59 Å². The Morgan fingerprint density at radius 2 is 2.00 bits per heavy atom. The summed E-state index contributed by atoms with van der Waals surface area (Å²) in [7, 11) is 0. The Morgan fingerprint density at radius 3 is 2.67 bits per heavy atom. The zero-order valence-corrected chi connectivity index (χ0v) is 14.2. The molecule has 1 N–H and O–H groups in total. The van der Waals surface area contributed by atoms with Gasteiger partial charge in [0.1, 0.15) is 5.01 Å². The van der Waals surface area contributed by atoms with Gasteiger partial charge < -0.3 is 14.2 Å². The highest BCUT2D eigenvalue weighted by atomic mass is 32.1. The number of hydrogen-bond donors (Lipinski definition) is 1. The summed E-state index contributed by atoms with van der Waals surface area (Å²) >= 11 is 1.40. The molecule has 3 rings (SSSR count). The molecule has 3 heterocycles. The highest BCUT2D eigenvalue weighted by Crippen LogP contribution is 2.17. The fourth-order valence-corrected chi connectivity index (χ4v) is 3.29. The largest absolute Gasteiger partial charge is 0.459 e. The number of piperazine rings is 1. The monoisotopic (exact) mass is 349 g/mol. The normalized spacial score (nSPS) is 14.7. The first-order chi connectivity index (χ1) is 11.7. The number of furan rings is 1. The second-order valence-corrected chi connectivity index (χ2v) is 6.50. The van der Waals surface area contributed by atoms with Crippen molar-refractivity contribution >= 4 is 28.4 Å². The van der Waals surface area contributed by atoms with Crippen LogP contribution in [-0.4, -0.2) is 58.1 Å². The molecule has 0 aliphatic carbocycles. The lowest BCUT2D eigenvalue weighted by molar-refractivity contribution is 0.0640. The molecule has 128 valence electrons. The zero-order valence-electron chi connectivity index (χ0n) is 13.4. The zero-order chi connectivity index (χ0) is 16.9. The van der Waals surface area contributed by atoms with Gasteiger partial charge in [-0.2, -0.15) is 0 Å². The molecule has 1 aliphatic heterocycles. The predicted octanol–water partition coefficient (Wildman–Crippen LogP) is 2.07. The average Bonchev–Trinajstić information content (AvgIpc) is 3.27. The number of hydrogen-bond acceptors (Lipinski definition) is 6. The summed E-state index contributed by atoms with van der Waals surface area (Å²) < 4.78 is 5.13. The van der Waals surface area contributed by atoms with Crippen LogP contribution in [-0.2, 0) is 6.42 Å². The summed E-state index contributed by atoms with van der Waals surface area (Å²) in [6, 6.07) is 3.12. The predicted molar refractivity (Wildman–Crippen MR) is 89.1 cm³/mol. The fraction of sp³-hybridized carbons (Fsp3) is 0.467. The van der Waals surface area contributed by atoms with Gasteiger partial charge in [-0.1, -0.05) is 18.3 Å². The first-order valence-corrected chi connectivity index (χ1v) is 8.70. The maximum Gasteiger partial charge on any atom is 0.323 e. The minimum Gasteiger partial charge on any atom is -0.459 e. The molecule has 0 atom stereocenters. The van der Waals surface area contributed by atoms with Crippen molar-refractivity contribution in [1.82, 2.24) is 20.0 Å². The quantitative estimate of drug-likeness (QED) is 0.912. The van der Waals surface area contributed by atoms with Crippen molar-refractivity contribution in [3.05, 3.63) is 29.2 Å². The van der Waals surface area contributed by atoms with Crippen LogP contribution in [0.4, 0.5) is 9.93 Å². The van der Waals surface area contributed by atoms with Gasteiger partial charge in [-0.3, -0.25) is 10.1 Å². The molecule has 1 fully saturated rings. The highest BCUT2D eigenvalue weighted by molar-refractivity contribution is 7.15. The summed E-state index contributed by atoms with van der Waals surface area (Å²) in [4.78, 5) is 27.8. The van der Waals surface area contributed by atoms with Gasteiger partial charge in [0.05, 0.1) is 6.26 Å². The number of anilines is 1. The molecule has 0 saturated carbocycles. The maximum atomic E-state index is 12.3. The van der Waals surface area contributed by atoms with Crippen LogP contribution in [0.5, 0.6) is 0 Å². The number of aryl methyl sites for hydroxylation is 1. The van der Waals surface area contributed by atoms with Crippen LogP contribution in [0.1, 0.15) is 28.9 Å². The van der Waals surface area contributed by atoms with Crippen molar-refractivity contribution < 1.29 is 14.0 Å². The molecule has 0 unspecified atom stereocenters. The van der Waals surface area contributed by atoms with E-state index in [4.69, 9.17) is 4.42 Å². The van der Waals surface area contributed by atoms with E-state index in [1.807, 2.05) is 0 Å². The summed E-state index contributed by atoms with van der Waals surface area (Å²) in [5, 5.41) is 12.2. The molecule has 1 saturated heterocycles. The second-order valence-electron chi connectivity index (χ2n) is 5.44. The van der Waals surface area contributed by atoms with E-state index >= 15 is 0 Å². The van der Waals surface area contributed by atoms with Crippen LogP contribution in [0.3, 0.4) is 0 Å². The Bertz CT molecular complexity index is 692. The number of aromatic nitrogens is 2. The van der Waals surface area contributed by atoms with E-state index in [2.05, 4.69) is 22.4 Å². The number of rotatable bonds is 4. The van der Waals surface area contributed by atoms with Gasteiger partial charge in [0, 0.05) is 32.6 Å². The van der Waals surface area contributed by atoms with Gasteiger partial charge in [0.2, 0.25) is 5.13 Å². The number of carbonyl (C=O) groups excluding carboxylic acids is 2. The lowest BCUT2D eigenvalue weighted by atomic mass is 10.3. The Morgan fingerprint density at radius 1 is 1.25 bits per heavy atom. The third-order valence-corrected chi connectivity index (χ3v) is 4.63. The Hall–Kier alpha value is -2.42. The van der Waals surface area contributed by atoms with Crippen molar-refractivity contribution in [2.24, 2.45) is 0 Å². The standard InChI is InChI=1S/C15H19N5O3S/c1-2-4-12-17-18-14(24-12)16-15(22)20-8-6-19(7-9-20)13(21)11-5-3-10-23-11/h3,5,10H,2,4,6-9H2,1H3,(H,16,18,22). The van der Waals surface area contributed by atoms with Gasteiger partial charge in [-0.25, -0.2) is 4.79 Å². The van der Waals surface area contributed by atoms with Crippen LogP contribution in [0.15, 0.2) is 22.8 Å². The van der Waals surface area contributed by atoms with E-state index in [-0.39, 0.29) is 11.9 Å². The average molecular weight is 349 g/mol. The van der Waals surface area contributed by atoms with Crippen LogP contribution < -0.4 is 5.32 Å². The molecule has 2 aromatic heterocycles. The van der Waals surface area contributed by atoms with Crippen LogP contribution in [0.2, 0.25) is 0 Å². The van der Waals surface area contributed by atoms with Gasteiger partial charge in [-0.15, -0.1) is 10.2 Å². The molecular weight excluding hydrogens is 330 g/mol. The van der Waals surface area contributed by atoms with Gasteiger partial charge in [0.15, 0.2) is 5.76 Å². The number of nitrogens with zero attached hydrogens (tertiary/aromatic N) is 4. The topological polar surface area (TPSA) is 91.6 Å². The lowest BCUT2D eigenvalue weighted by Crippen LogP contribution is -2.51. The number of nitrogens with one attached hydrogen (secondary N) is 1. The number of urea groups is 1.